The van der Waals surface area contributed by atoms with Crippen molar-refractivity contribution in [1.82, 2.24) is 5.32 Å². The van der Waals surface area contributed by atoms with Crippen molar-refractivity contribution in [1.29, 1.82) is 0 Å². The van der Waals surface area contributed by atoms with Crippen molar-refractivity contribution in [3.63, 3.8) is 0 Å². The fraction of sp³-hybridized carbons (Fsp3) is 0.500. The molecule has 1 saturated heterocycles. The summed E-state index contributed by atoms with van der Waals surface area (Å²) in [6.45, 7) is 4.02. The highest BCUT2D eigenvalue weighted by Crippen LogP contribution is 2.00. The van der Waals surface area contributed by atoms with Gasteiger partial charge in [0.05, 0.1) is 0 Å². The molecule has 1 aliphatic heterocycles. The Bertz CT molecular complexity index is 163. The van der Waals surface area contributed by atoms with Gasteiger partial charge in [0.25, 0.3) is 0 Å². The van der Waals surface area contributed by atoms with Crippen LogP contribution in [0.2, 0.25) is 0 Å². The van der Waals surface area contributed by atoms with Gasteiger partial charge in [0.2, 0.25) is 0 Å². The molecule has 0 radical (unpaired) electrons. The van der Waals surface area contributed by atoms with Crippen molar-refractivity contribution < 1.29 is 0 Å². The second kappa shape index (κ2) is 3.32. The SMILES string of the molecule is CC#CCC=C1CNC1. The van der Waals surface area contributed by atoms with Crippen molar-refractivity contribution in [2.45, 2.75) is 13.3 Å². The van der Waals surface area contributed by atoms with Gasteiger partial charge in [-0.1, -0.05) is 12.0 Å². The summed E-state index contributed by atoms with van der Waals surface area (Å²) >= 11 is 0. The van der Waals surface area contributed by atoms with E-state index in [9.17, 15) is 0 Å². The maximum atomic E-state index is 3.17. The van der Waals surface area contributed by atoms with Crippen molar-refractivity contribution in [2.24, 2.45) is 0 Å². The van der Waals surface area contributed by atoms with E-state index >= 15 is 0 Å². The Balaban J connectivity index is 2.20. The molecule has 1 rings (SSSR count). The second-order valence-corrected chi connectivity index (χ2v) is 2.10. The standard InChI is InChI=1S/C8H11N/c1-2-3-4-5-8-6-9-7-8/h5,9H,4,6-7H2,1H3. The summed E-state index contributed by atoms with van der Waals surface area (Å²) in [7, 11) is 0. The largest absolute Gasteiger partial charge is 0.309 e. The molecule has 0 unspecified atom stereocenters. The molecule has 0 saturated carbocycles. The molecule has 1 heteroatoms. The number of hydrogen-bond donors (Lipinski definition) is 1. The zero-order valence-electron chi connectivity index (χ0n) is 5.70. The van der Waals surface area contributed by atoms with Crippen LogP contribution in [0.15, 0.2) is 11.6 Å². The molecule has 0 aliphatic carbocycles. The topological polar surface area (TPSA) is 12.0 Å². The third-order valence-electron chi connectivity index (χ3n) is 1.37. The van der Waals surface area contributed by atoms with Gasteiger partial charge in [-0.25, -0.2) is 0 Å². The molecule has 1 N–H and O–H groups in total. The number of rotatable bonds is 1. The number of nitrogens with one attached hydrogen (secondary N) is 1. The Morgan fingerprint density at radius 2 is 2.44 bits per heavy atom. The van der Waals surface area contributed by atoms with Crippen LogP contribution in [-0.2, 0) is 0 Å². The first-order valence-electron chi connectivity index (χ1n) is 3.21. The molecule has 0 spiro atoms. The third-order valence-corrected chi connectivity index (χ3v) is 1.37. The van der Waals surface area contributed by atoms with E-state index < -0.39 is 0 Å². The highest BCUT2D eigenvalue weighted by Gasteiger charge is 2.03. The van der Waals surface area contributed by atoms with Crippen LogP contribution in [-0.4, -0.2) is 13.1 Å². The van der Waals surface area contributed by atoms with E-state index in [1.54, 1.807) is 0 Å². The Morgan fingerprint density at radius 1 is 1.67 bits per heavy atom. The molecular weight excluding hydrogens is 110 g/mol. The minimum atomic E-state index is 0.924. The van der Waals surface area contributed by atoms with Crippen molar-refractivity contribution in [2.75, 3.05) is 13.1 Å². The van der Waals surface area contributed by atoms with Gasteiger partial charge in [0.15, 0.2) is 0 Å². The normalized spacial score (nSPS) is 15.4. The number of allylic oxidation sites excluding steroid dienone is 1. The predicted molar refractivity (Wildman–Crippen MR) is 39.0 cm³/mol. The first kappa shape index (κ1) is 6.38. The molecule has 0 amide bonds. The monoisotopic (exact) mass is 121 g/mol. The van der Waals surface area contributed by atoms with Gasteiger partial charge >= 0.3 is 0 Å². The van der Waals surface area contributed by atoms with E-state index in [4.69, 9.17) is 0 Å². The molecule has 1 nitrogen and oxygen atoms in total. The number of hydrogen-bond acceptors (Lipinski definition) is 1. The highest BCUT2D eigenvalue weighted by atomic mass is 14.9. The quantitative estimate of drug-likeness (QED) is 0.402. The lowest BCUT2D eigenvalue weighted by molar-refractivity contribution is 0.665. The predicted octanol–water partition coefficient (Wildman–Crippen LogP) is 0.929. The lowest BCUT2D eigenvalue weighted by atomic mass is 10.1. The van der Waals surface area contributed by atoms with Crippen LogP contribution in [0.3, 0.4) is 0 Å². The average molecular weight is 121 g/mol. The molecule has 1 fully saturated rings. The van der Waals surface area contributed by atoms with Crippen LogP contribution >= 0.6 is 0 Å². The molecule has 0 aromatic rings. The Labute approximate surface area is 56.1 Å². The molecule has 1 heterocycles. The van der Waals surface area contributed by atoms with Crippen LogP contribution < -0.4 is 5.32 Å². The first-order valence-corrected chi connectivity index (χ1v) is 3.21. The lowest BCUT2D eigenvalue weighted by Crippen LogP contribution is -2.33. The average Bonchev–Trinajstić information content (AvgIpc) is 1.76. The van der Waals surface area contributed by atoms with E-state index in [0.717, 1.165) is 19.5 Å². The van der Waals surface area contributed by atoms with Crippen molar-refractivity contribution in [3.8, 4) is 11.8 Å². The molecule has 1 aliphatic rings. The lowest BCUT2D eigenvalue weighted by Gasteiger charge is -2.17. The molecule has 0 bridgehead atoms. The second-order valence-electron chi connectivity index (χ2n) is 2.10. The van der Waals surface area contributed by atoms with Gasteiger partial charge < -0.3 is 5.32 Å². The first-order chi connectivity index (χ1) is 4.43. The van der Waals surface area contributed by atoms with E-state index in [1.807, 2.05) is 6.92 Å². The summed E-state index contributed by atoms with van der Waals surface area (Å²) in [6.07, 6.45) is 3.13. The van der Waals surface area contributed by atoms with Crippen molar-refractivity contribution in [3.05, 3.63) is 11.6 Å². The fourth-order valence-electron chi connectivity index (χ4n) is 0.711. The fourth-order valence-corrected chi connectivity index (χ4v) is 0.711. The van der Waals surface area contributed by atoms with E-state index in [0.29, 0.717) is 0 Å². The van der Waals surface area contributed by atoms with Crippen LogP contribution in [0.1, 0.15) is 13.3 Å². The van der Waals surface area contributed by atoms with Crippen LogP contribution in [0.4, 0.5) is 0 Å². The highest BCUT2D eigenvalue weighted by molar-refractivity contribution is 5.17. The Morgan fingerprint density at radius 3 is 2.89 bits per heavy atom. The third kappa shape index (κ3) is 1.91. The maximum Gasteiger partial charge on any atom is 0.0273 e. The van der Waals surface area contributed by atoms with Crippen LogP contribution in [0.25, 0.3) is 0 Å². The van der Waals surface area contributed by atoms with Gasteiger partial charge in [-0.05, 0) is 12.5 Å². The summed E-state index contributed by atoms with van der Waals surface area (Å²) in [5.74, 6) is 5.85. The van der Waals surface area contributed by atoms with Gasteiger partial charge in [-0.2, -0.15) is 0 Å². The molecular formula is C8H11N. The zero-order chi connectivity index (χ0) is 6.53. The van der Waals surface area contributed by atoms with Gasteiger partial charge in [-0.3, -0.25) is 0 Å². The van der Waals surface area contributed by atoms with E-state index in [-0.39, 0.29) is 0 Å². The maximum absolute atomic E-state index is 3.17. The smallest absolute Gasteiger partial charge is 0.0273 e. The van der Waals surface area contributed by atoms with Crippen LogP contribution in [0.5, 0.6) is 0 Å². The summed E-state index contributed by atoms with van der Waals surface area (Å²) in [4.78, 5) is 0. The summed E-state index contributed by atoms with van der Waals surface area (Å²) in [6, 6.07) is 0. The summed E-state index contributed by atoms with van der Waals surface area (Å²) < 4.78 is 0. The van der Waals surface area contributed by atoms with Gasteiger partial charge in [0, 0.05) is 19.5 Å². The molecule has 0 atom stereocenters. The molecule has 9 heavy (non-hydrogen) atoms. The molecule has 0 aromatic carbocycles. The van der Waals surface area contributed by atoms with Gasteiger partial charge in [-0.15, -0.1) is 5.92 Å². The Kier molecular flexibility index (Phi) is 2.35. The minimum Gasteiger partial charge on any atom is -0.309 e. The molecule has 48 valence electrons. The minimum absolute atomic E-state index is 0.924. The molecule has 0 aromatic heterocycles. The van der Waals surface area contributed by atoms with Crippen molar-refractivity contribution >= 4 is 0 Å². The zero-order valence-corrected chi connectivity index (χ0v) is 5.70. The van der Waals surface area contributed by atoms with Gasteiger partial charge in [0.1, 0.15) is 0 Å². The van der Waals surface area contributed by atoms with E-state index in [1.165, 1.54) is 5.57 Å². The van der Waals surface area contributed by atoms with E-state index in [2.05, 4.69) is 23.2 Å². The Hall–Kier alpha value is -0.740. The summed E-state index contributed by atoms with van der Waals surface area (Å²) in [5, 5.41) is 3.17. The summed E-state index contributed by atoms with van der Waals surface area (Å²) in [5.41, 5.74) is 1.50. The van der Waals surface area contributed by atoms with Crippen LogP contribution in [0, 0.1) is 11.8 Å².